The van der Waals surface area contributed by atoms with Crippen LogP contribution in [0.1, 0.15) is 25.3 Å². The van der Waals surface area contributed by atoms with Crippen molar-refractivity contribution in [2.45, 2.75) is 32.2 Å². The Balaban J connectivity index is 1.51. The molecule has 0 bridgehead atoms. The van der Waals surface area contributed by atoms with Crippen molar-refractivity contribution in [1.29, 1.82) is 0 Å². The van der Waals surface area contributed by atoms with Gasteiger partial charge in [-0.15, -0.1) is 0 Å². The molecule has 0 unspecified atom stereocenters. The van der Waals surface area contributed by atoms with Crippen molar-refractivity contribution in [3.05, 3.63) is 48.2 Å². The van der Waals surface area contributed by atoms with Crippen LogP contribution in [-0.2, 0) is 6.42 Å². The van der Waals surface area contributed by atoms with Crippen molar-refractivity contribution < 1.29 is 9.84 Å². The summed E-state index contributed by atoms with van der Waals surface area (Å²) in [5.41, 5.74) is 1.09. The number of anilines is 1. The fourth-order valence-electron chi connectivity index (χ4n) is 3.48. The number of phenolic OH excluding ortho intramolecular Hbond substituents is 1. The SMILES string of the molecule is CCNC(=NCCc1ccc(O)c(OC)c1)NC1CCN(c2ccccn2)CC1. The zero-order chi connectivity index (χ0) is 20.5. The fourth-order valence-corrected chi connectivity index (χ4v) is 3.48. The Morgan fingerprint density at radius 2 is 2.10 bits per heavy atom. The number of hydrogen-bond donors (Lipinski definition) is 3. The Labute approximate surface area is 172 Å². The van der Waals surface area contributed by atoms with Gasteiger partial charge in [0.05, 0.1) is 7.11 Å². The lowest BCUT2D eigenvalue weighted by Crippen LogP contribution is -2.49. The molecule has 3 N–H and O–H groups in total. The molecule has 1 aliphatic rings. The molecule has 1 aliphatic heterocycles. The number of nitrogens with one attached hydrogen (secondary N) is 2. The second-order valence-electron chi connectivity index (χ2n) is 7.11. The summed E-state index contributed by atoms with van der Waals surface area (Å²) < 4.78 is 5.17. The average molecular weight is 398 g/mol. The Morgan fingerprint density at radius 3 is 2.79 bits per heavy atom. The second kappa shape index (κ2) is 10.5. The van der Waals surface area contributed by atoms with E-state index in [1.165, 1.54) is 0 Å². The first kappa shape index (κ1) is 20.8. The molecule has 1 fully saturated rings. The largest absolute Gasteiger partial charge is 0.504 e. The van der Waals surface area contributed by atoms with Crippen LogP contribution in [0.15, 0.2) is 47.6 Å². The predicted octanol–water partition coefficient (Wildman–Crippen LogP) is 2.56. The number of guanidine groups is 1. The summed E-state index contributed by atoms with van der Waals surface area (Å²) in [6, 6.07) is 11.9. The van der Waals surface area contributed by atoms with Gasteiger partial charge in [0.2, 0.25) is 0 Å². The maximum absolute atomic E-state index is 9.71. The number of aromatic nitrogens is 1. The fraction of sp³-hybridized carbons (Fsp3) is 0.455. The molecule has 1 saturated heterocycles. The standard InChI is InChI=1S/C22H31N5O2/c1-3-23-22(25-13-9-17-7-8-19(28)20(16-17)29-2)26-18-10-14-27(15-11-18)21-6-4-5-12-24-21/h4-8,12,16,18,28H,3,9-11,13-15H2,1-2H3,(H2,23,25,26). The number of aromatic hydroxyl groups is 1. The molecule has 156 valence electrons. The third kappa shape index (κ3) is 6.01. The molecular formula is C22H31N5O2. The summed E-state index contributed by atoms with van der Waals surface area (Å²) >= 11 is 0. The normalized spacial score (nSPS) is 15.2. The number of ether oxygens (including phenoxy) is 1. The van der Waals surface area contributed by atoms with E-state index >= 15 is 0 Å². The molecule has 2 heterocycles. The van der Waals surface area contributed by atoms with Crippen LogP contribution < -0.4 is 20.3 Å². The number of methoxy groups -OCH3 is 1. The Morgan fingerprint density at radius 1 is 1.28 bits per heavy atom. The van der Waals surface area contributed by atoms with Crippen LogP contribution in [0, 0.1) is 0 Å². The zero-order valence-electron chi connectivity index (χ0n) is 17.3. The van der Waals surface area contributed by atoms with Crippen LogP contribution in [0.4, 0.5) is 5.82 Å². The lowest BCUT2D eigenvalue weighted by molar-refractivity contribution is 0.373. The molecule has 7 heteroatoms. The lowest BCUT2D eigenvalue weighted by atomic mass is 10.1. The van der Waals surface area contributed by atoms with Gasteiger partial charge in [0.1, 0.15) is 5.82 Å². The highest BCUT2D eigenvalue weighted by Gasteiger charge is 2.20. The molecule has 3 rings (SSSR count). The first-order chi connectivity index (χ1) is 14.2. The number of piperidine rings is 1. The molecule has 0 saturated carbocycles. The Kier molecular flexibility index (Phi) is 7.55. The Bertz CT molecular complexity index is 789. The first-order valence-electron chi connectivity index (χ1n) is 10.3. The third-order valence-corrected chi connectivity index (χ3v) is 5.07. The summed E-state index contributed by atoms with van der Waals surface area (Å²) in [6.07, 6.45) is 4.73. The van der Waals surface area contributed by atoms with Gasteiger partial charge >= 0.3 is 0 Å². The van der Waals surface area contributed by atoms with E-state index in [-0.39, 0.29) is 5.75 Å². The van der Waals surface area contributed by atoms with Crippen LogP contribution in [-0.4, -0.2) is 55.4 Å². The molecule has 1 aromatic heterocycles. The molecule has 7 nitrogen and oxygen atoms in total. The molecular weight excluding hydrogens is 366 g/mol. The maximum Gasteiger partial charge on any atom is 0.191 e. The highest BCUT2D eigenvalue weighted by atomic mass is 16.5. The smallest absolute Gasteiger partial charge is 0.191 e. The van der Waals surface area contributed by atoms with E-state index in [4.69, 9.17) is 9.73 Å². The molecule has 2 aromatic rings. The summed E-state index contributed by atoms with van der Waals surface area (Å²) in [4.78, 5) is 11.5. The van der Waals surface area contributed by atoms with E-state index in [0.29, 0.717) is 18.3 Å². The number of aliphatic imine (C=N–C) groups is 1. The number of pyridine rings is 1. The van der Waals surface area contributed by atoms with Crippen LogP contribution in [0.25, 0.3) is 0 Å². The number of rotatable bonds is 7. The molecule has 0 amide bonds. The molecule has 0 radical (unpaired) electrons. The maximum atomic E-state index is 9.71. The summed E-state index contributed by atoms with van der Waals surface area (Å²) in [5, 5.41) is 16.6. The number of hydrogen-bond acceptors (Lipinski definition) is 5. The predicted molar refractivity (Wildman–Crippen MR) is 117 cm³/mol. The number of nitrogens with zero attached hydrogens (tertiary/aromatic N) is 3. The van der Waals surface area contributed by atoms with Crippen LogP contribution in [0.2, 0.25) is 0 Å². The van der Waals surface area contributed by atoms with E-state index in [1.54, 1.807) is 13.2 Å². The molecule has 1 aromatic carbocycles. The monoisotopic (exact) mass is 397 g/mol. The van der Waals surface area contributed by atoms with Crippen molar-refractivity contribution >= 4 is 11.8 Å². The summed E-state index contributed by atoms with van der Waals surface area (Å²) in [6.45, 7) is 5.54. The van der Waals surface area contributed by atoms with Crippen molar-refractivity contribution in [2.24, 2.45) is 4.99 Å². The minimum atomic E-state index is 0.159. The van der Waals surface area contributed by atoms with Gasteiger partial charge in [0.15, 0.2) is 17.5 Å². The van der Waals surface area contributed by atoms with E-state index in [9.17, 15) is 5.11 Å². The second-order valence-corrected chi connectivity index (χ2v) is 7.11. The molecule has 0 spiro atoms. The number of benzene rings is 1. The van der Waals surface area contributed by atoms with E-state index < -0.39 is 0 Å². The lowest BCUT2D eigenvalue weighted by Gasteiger charge is -2.33. The van der Waals surface area contributed by atoms with Gasteiger partial charge in [-0.2, -0.15) is 0 Å². The van der Waals surface area contributed by atoms with Crippen LogP contribution in [0.3, 0.4) is 0 Å². The van der Waals surface area contributed by atoms with Gasteiger partial charge in [-0.25, -0.2) is 4.98 Å². The van der Waals surface area contributed by atoms with Crippen molar-refractivity contribution in [2.75, 3.05) is 38.2 Å². The van der Waals surface area contributed by atoms with Gasteiger partial charge in [0, 0.05) is 38.4 Å². The topological polar surface area (TPSA) is 82.0 Å². The quantitative estimate of drug-likeness (QED) is 0.492. The first-order valence-corrected chi connectivity index (χ1v) is 10.3. The highest BCUT2D eigenvalue weighted by molar-refractivity contribution is 5.80. The average Bonchev–Trinajstić information content (AvgIpc) is 2.76. The summed E-state index contributed by atoms with van der Waals surface area (Å²) in [5.74, 6) is 2.56. The third-order valence-electron chi connectivity index (χ3n) is 5.07. The van der Waals surface area contributed by atoms with Crippen molar-refractivity contribution in [1.82, 2.24) is 15.6 Å². The molecule has 29 heavy (non-hydrogen) atoms. The Hall–Kier alpha value is -2.96. The van der Waals surface area contributed by atoms with E-state index in [1.807, 2.05) is 30.5 Å². The van der Waals surface area contributed by atoms with Gasteiger partial charge in [-0.05, 0) is 56.0 Å². The molecule has 0 atom stereocenters. The van der Waals surface area contributed by atoms with Gasteiger partial charge in [-0.1, -0.05) is 12.1 Å². The summed E-state index contributed by atoms with van der Waals surface area (Å²) in [7, 11) is 1.56. The highest BCUT2D eigenvalue weighted by Crippen LogP contribution is 2.26. The number of phenols is 1. The van der Waals surface area contributed by atoms with Crippen molar-refractivity contribution in [3.63, 3.8) is 0 Å². The van der Waals surface area contributed by atoms with Gasteiger partial charge in [-0.3, -0.25) is 4.99 Å². The minimum Gasteiger partial charge on any atom is -0.504 e. The van der Waals surface area contributed by atoms with E-state index in [2.05, 4.69) is 33.5 Å². The molecule has 0 aliphatic carbocycles. The van der Waals surface area contributed by atoms with Crippen molar-refractivity contribution in [3.8, 4) is 11.5 Å². The van der Waals surface area contributed by atoms with Crippen LogP contribution in [0.5, 0.6) is 11.5 Å². The zero-order valence-corrected chi connectivity index (χ0v) is 17.3. The minimum absolute atomic E-state index is 0.159. The van der Waals surface area contributed by atoms with Gasteiger partial charge in [0.25, 0.3) is 0 Å². The van der Waals surface area contributed by atoms with Gasteiger partial charge < -0.3 is 25.4 Å². The van der Waals surface area contributed by atoms with E-state index in [0.717, 1.165) is 56.2 Å². The van der Waals surface area contributed by atoms with Crippen LogP contribution >= 0.6 is 0 Å².